The van der Waals surface area contributed by atoms with Crippen LogP contribution in [0.25, 0.3) is 44.5 Å². The second kappa shape index (κ2) is 10.3. The molecule has 0 spiro atoms. The Kier molecular flexibility index (Phi) is 6.84. The third-order valence-electron chi connectivity index (χ3n) is 9.95. The molecule has 0 fully saturated rings. The molecule has 0 saturated carbocycles. The summed E-state index contributed by atoms with van der Waals surface area (Å²) in [4.78, 5) is 0. The molecule has 5 aromatic rings. The lowest BCUT2D eigenvalue weighted by Gasteiger charge is -2.30. The van der Waals surface area contributed by atoms with Crippen molar-refractivity contribution in [2.75, 3.05) is 5.32 Å². The molecule has 0 amide bonds. The Balaban J connectivity index is 1.39. The average molecular weight is 608 g/mol. The number of allylic oxidation sites excluding steroid dienone is 2. The van der Waals surface area contributed by atoms with Gasteiger partial charge in [0.15, 0.2) is 0 Å². The molecule has 2 heteroatoms. The van der Waals surface area contributed by atoms with E-state index < -0.39 is 0 Å². The topological polar surface area (TPSA) is 12.0 Å². The van der Waals surface area contributed by atoms with Gasteiger partial charge in [0.2, 0.25) is 0 Å². The molecule has 1 nitrogen and oxygen atoms in total. The third kappa shape index (κ3) is 4.90. The van der Waals surface area contributed by atoms with Gasteiger partial charge in [-0.15, -0.1) is 11.3 Å². The first-order chi connectivity index (χ1) is 21.2. The van der Waals surface area contributed by atoms with Crippen molar-refractivity contribution in [3.8, 4) is 22.3 Å². The molecule has 1 aromatic heterocycles. The van der Waals surface area contributed by atoms with E-state index in [2.05, 4.69) is 165 Å². The smallest absolute Gasteiger partial charge is 0.0461 e. The molecule has 0 saturated heterocycles. The number of hydrogen-bond acceptors (Lipinski definition) is 2. The summed E-state index contributed by atoms with van der Waals surface area (Å²) in [5.41, 5.74) is 13.5. The van der Waals surface area contributed by atoms with E-state index >= 15 is 0 Å². The van der Waals surface area contributed by atoms with Crippen molar-refractivity contribution < 1.29 is 0 Å². The minimum absolute atomic E-state index is 0.00417. The predicted molar refractivity (Wildman–Crippen MR) is 198 cm³/mol. The second-order valence-corrected chi connectivity index (χ2v) is 16.7. The van der Waals surface area contributed by atoms with Crippen LogP contribution in [-0.2, 0) is 16.2 Å². The zero-order valence-electron chi connectivity index (χ0n) is 28.2. The van der Waals surface area contributed by atoms with Gasteiger partial charge in [0.25, 0.3) is 0 Å². The zero-order chi connectivity index (χ0) is 31.9. The highest BCUT2D eigenvalue weighted by Crippen LogP contribution is 2.56. The third-order valence-corrected chi connectivity index (χ3v) is 11.1. The van der Waals surface area contributed by atoms with Crippen LogP contribution in [0.15, 0.2) is 90.6 Å². The molecule has 1 atom stereocenters. The Labute approximate surface area is 273 Å². The maximum atomic E-state index is 3.92. The Morgan fingerprint density at radius 1 is 0.711 bits per heavy atom. The van der Waals surface area contributed by atoms with Gasteiger partial charge in [0, 0.05) is 42.9 Å². The summed E-state index contributed by atoms with van der Waals surface area (Å²) in [5.74, 6) is 0.248. The monoisotopic (exact) mass is 607 g/mol. The number of hydrogen-bond donors (Lipinski definition) is 1. The maximum Gasteiger partial charge on any atom is 0.0461 e. The van der Waals surface area contributed by atoms with Crippen molar-refractivity contribution in [2.24, 2.45) is 5.92 Å². The quantitative estimate of drug-likeness (QED) is 0.215. The highest BCUT2D eigenvalue weighted by Gasteiger charge is 2.41. The summed E-state index contributed by atoms with van der Waals surface area (Å²) in [5, 5.41) is 6.63. The number of fused-ring (bicyclic) bond motifs is 6. The van der Waals surface area contributed by atoms with Crippen molar-refractivity contribution >= 4 is 39.3 Å². The number of nitrogens with one attached hydrogen (secondary N) is 1. The van der Waals surface area contributed by atoms with Gasteiger partial charge in [0.1, 0.15) is 0 Å². The molecular formula is C43H45NS. The van der Waals surface area contributed by atoms with Crippen LogP contribution in [0.4, 0.5) is 5.69 Å². The second-order valence-electron chi connectivity index (χ2n) is 15.6. The van der Waals surface area contributed by atoms with Crippen LogP contribution in [0.5, 0.6) is 0 Å². The fourth-order valence-corrected chi connectivity index (χ4v) is 8.41. The van der Waals surface area contributed by atoms with E-state index in [0.29, 0.717) is 0 Å². The first kappa shape index (κ1) is 29.8. The summed E-state index contributed by atoms with van der Waals surface area (Å²) in [7, 11) is 0. The van der Waals surface area contributed by atoms with Gasteiger partial charge in [-0.1, -0.05) is 135 Å². The summed E-state index contributed by atoms with van der Waals surface area (Å²) in [6.45, 7) is 21.2. The van der Waals surface area contributed by atoms with Crippen LogP contribution < -0.4 is 15.1 Å². The van der Waals surface area contributed by atoms with Gasteiger partial charge in [-0.3, -0.25) is 0 Å². The Hall–Kier alpha value is -3.88. The van der Waals surface area contributed by atoms with Gasteiger partial charge >= 0.3 is 0 Å². The fraction of sp³-hybridized carbons (Fsp3) is 0.302. The van der Waals surface area contributed by atoms with Crippen LogP contribution in [0, 0.1) is 5.92 Å². The van der Waals surface area contributed by atoms with E-state index in [1.807, 2.05) is 11.3 Å². The molecular weight excluding hydrogens is 563 g/mol. The minimum Gasteiger partial charge on any atom is -0.358 e. The van der Waals surface area contributed by atoms with Crippen molar-refractivity contribution in [3.63, 3.8) is 0 Å². The number of benzene rings is 4. The highest BCUT2D eigenvalue weighted by atomic mass is 32.1. The van der Waals surface area contributed by atoms with Crippen LogP contribution in [-0.4, -0.2) is 0 Å². The molecule has 0 bridgehead atoms. The SMILES string of the molecule is C[C@H]1C=c2c(sc3ccccc23)=CC=C1Nc1ccccc1-c1cccc2c1-c1c(C(C)(C)C)cc(C(C)(C)C)cc1C2(C)C. The molecule has 2 aliphatic rings. The first-order valence-electron chi connectivity index (χ1n) is 16.4. The van der Waals surface area contributed by atoms with Gasteiger partial charge < -0.3 is 5.32 Å². The van der Waals surface area contributed by atoms with Crippen molar-refractivity contribution in [1.29, 1.82) is 0 Å². The summed E-state index contributed by atoms with van der Waals surface area (Å²) in [6.07, 6.45) is 7.02. The predicted octanol–water partition coefficient (Wildman–Crippen LogP) is 10.7. The zero-order valence-corrected chi connectivity index (χ0v) is 29.0. The van der Waals surface area contributed by atoms with E-state index in [0.717, 1.165) is 5.69 Å². The molecule has 0 radical (unpaired) electrons. The summed E-state index contributed by atoms with van der Waals surface area (Å²) in [6, 6.07) is 29.6. The Morgan fingerprint density at radius 2 is 1.42 bits per heavy atom. The van der Waals surface area contributed by atoms with E-state index in [1.165, 1.54) is 70.0 Å². The standard InChI is InChI=1S/C43H45NS/c1-26-23-31-29-16-11-13-20-37(29)45-38(31)22-21-35(26)44-36-19-12-10-15-28(36)30-17-14-18-32-39(30)40-33(42(5,6)7)24-27(41(2,3)4)25-34(40)43(32,8)9/h10-26,44H,1-9H3/t26-/m0/s1. The first-order valence-corrected chi connectivity index (χ1v) is 17.2. The lowest BCUT2D eigenvalue weighted by Crippen LogP contribution is -2.21. The molecule has 0 unspecified atom stereocenters. The van der Waals surface area contributed by atoms with Crippen LogP contribution in [0.3, 0.4) is 0 Å². The molecule has 0 aliphatic heterocycles. The Bertz CT molecular complexity index is 2140. The van der Waals surface area contributed by atoms with Crippen LogP contribution in [0.1, 0.15) is 84.6 Å². The number of thiophene rings is 1. The average Bonchev–Trinajstić information content (AvgIpc) is 3.39. The number of rotatable bonds is 3. The van der Waals surface area contributed by atoms with E-state index in [9.17, 15) is 0 Å². The summed E-state index contributed by atoms with van der Waals surface area (Å²) >= 11 is 1.88. The minimum atomic E-state index is -0.0905. The molecule has 45 heavy (non-hydrogen) atoms. The van der Waals surface area contributed by atoms with Crippen LogP contribution >= 0.6 is 11.3 Å². The lowest BCUT2D eigenvalue weighted by atomic mass is 9.74. The highest BCUT2D eigenvalue weighted by molar-refractivity contribution is 7.17. The number of anilines is 1. The molecule has 1 N–H and O–H groups in total. The summed E-state index contributed by atoms with van der Waals surface area (Å²) < 4.78 is 2.68. The van der Waals surface area contributed by atoms with Gasteiger partial charge in [-0.25, -0.2) is 0 Å². The van der Waals surface area contributed by atoms with Crippen molar-refractivity contribution in [3.05, 3.63) is 123 Å². The maximum absolute atomic E-state index is 3.92. The van der Waals surface area contributed by atoms with Gasteiger partial charge in [-0.05, 0) is 79.3 Å². The lowest BCUT2D eigenvalue weighted by molar-refractivity contribution is 0.564. The van der Waals surface area contributed by atoms with Crippen molar-refractivity contribution in [1.82, 2.24) is 0 Å². The molecule has 4 aromatic carbocycles. The number of para-hydroxylation sites is 1. The van der Waals surface area contributed by atoms with Crippen molar-refractivity contribution in [2.45, 2.75) is 78.6 Å². The van der Waals surface area contributed by atoms with Gasteiger partial charge in [-0.2, -0.15) is 0 Å². The van der Waals surface area contributed by atoms with E-state index in [1.54, 1.807) is 0 Å². The van der Waals surface area contributed by atoms with Crippen LogP contribution in [0.2, 0.25) is 0 Å². The van der Waals surface area contributed by atoms with Gasteiger partial charge in [0.05, 0.1) is 0 Å². The fourth-order valence-electron chi connectivity index (χ4n) is 7.32. The molecule has 2 aliphatic carbocycles. The largest absolute Gasteiger partial charge is 0.358 e. The normalized spacial score (nSPS) is 17.0. The van der Waals surface area contributed by atoms with E-state index in [-0.39, 0.29) is 22.2 Å². The Morgan fingerprint density at radius 3 is 2.18 bits per heavy atom. The molecule has 228 valence electrons. The molecule has 7 rings (SSSR count). The molecule has 1 heterocycles. The van der Waals surface area contributed by atoms with E-state index in [4.69, 9.17) is 0 Å².